The van der Waals surface area contributed by atoms with Crippen LogP contribution in [0.3, 0.4) is 0 Å². The predicted octanol–water partition coefficient (Wildman–Crippen LogP) is 4.39. The normalized spacial score (nSPS) is 13.2. The van der Waals surface area contributed by atoms with Gasteiger partial charge in [0.15, 0.2) is 5.70 Å². The van der Waals surface area contributed by atoms with E-state index in [1.54, 1.807) is 0 Å². The van der Waals surface area contributed by atoms with Crippen LogP contribution in [0.15, 0.2) is 91.0 Å². The lowest BCUT2D eigenvalue weighted by Gasteiger charge is -2.12. The smallest absolute Gasteiger partial charge is 0.287 e. The molecule has 0 spiro atoms. The van der Waals surface area contributed by atoms with Gasteiger partial charge in [0.05, 0.1) is 6.54 Å². The van der Waals surface area contributed by atoms with Crippen molar-refractivity contribution in [3.63, 3.8) is 0 Å². The second-order valence-corrected chi connectivity index (χ2v) is 6.82. The molecule has 0 amide bonds. The fraction of sp³-hybridized carbons (Fsp3) is 0.120. The Bertz CT molecular complexity index is 992. The summed E-state index contributed by atoms with van der Waals surface area (Å²) in [6.07, 6.45) is 2.81. The Morgan fingerprint density at radius 2 is 1.32 bits per heavy atom. The first-order chi connectivity index (χ1) is 13.8. The quantitative estimate of drug-likeness (QED) is 0.621. The number of benzene rings is 3. The Kier molecular flexibility index (Phi) is 5.43. The molecular weight excluding hydrogens is 344 g/mol. The number of ketones is 1. The lowest BCUT2D eigenvalue weighted by molar-refractivity contribution is -0.118. The van der Waals surface area contributed by atoms with Crippen LogP contribution < -0.4 is 4.99 Å². The molecule has 3 heteroatoms. The van der Waals surface area contributed by atoms with Crippen molar-refractivity contribution in [2.75, 3.05) is 6.54 Å². The summed E-state index contributed by atoms with van der Waals surface area (Å²) in [6.45, 7) is 0.621. The highest BCUT2D eigenvalue weighted by Gasteiger charge is 2.31. The van der Waals surface area contributed by atoms with Crippen molar-refractivity contribution in [2.24, 2.45) is 0 Å². The van der Waals surface area contributed by atoms with E-state index in [1.807, 2.05) is 73.1 Å². The number of rotatable bonds is 7. The van der Waals surface area contributed by atoms with Crippen molar-refractivity contribution in [2.45, 2.75) is 12.8 Å². The molecule has 4 rings (SSSR count). The Labute approximate surface area is 165 Å². The third kappa shape index (κ3) is 4.09. The van der Waals surface area contributed by atoms with Gasteiger partial charge in [-0.1, -0.05) is 91.0 Å². The molecular formula is C25H22N2O+. The minimum atomic E-state index is 0.236. The van der Waals surface area contributed by atoms with Gasteiger partial charge in [0.2, 0.25) is 5.70 Å². The highest BCUT2D eigenvalue weighted by Crippen LogP contribution is 2.30. The fourth-order valence-electron chi connectivity index (χ4n) is 3.41. The molecule has 0 unspecified atom stereocenters. The third-order valence-electron chi connectivity index (χ3n) is 4.81. The predicted molar refractivity (Wildman–Crippen MR) is 114 cm³/mol. The zero-order valence-electron chi connectivity index (χ0n) is 15.7. The van der Waals surface area contributed by atoms with Gasteiger partial charge in [-0.2, -0.15) is 0 Å². The average molecular weight is 366 g/mol. The molecule has 1 radical (unpaired) electrons. The molecule has 3 aromatic rings. The van der Waals surface area contributed by atoms with Crippen molar-refractivity contribution in [3.8, 4) is 0 Å². The average Bonchev–Trinajstić information content (AvgIpc) is 3.18. The maximum atomic E-state index is 12.5. The second kappa shape index (κ2) is 8.49. The number of Topliss-reactive ketones (excluding diaryl/α,β-unsaturated/α-hetero) is 1. The van der Waals surface area contributed by atoms with Crippen LogP contribution in [0.1, 0.15) is 23.1 Å². The topological polar surface area (TPSA) is 34.4 Å². The van der Waals surface area contributed by atoms with E-state index in [-0.39, 0.29) is 5.78 Å². The third-order valence-corrected chi connectivity index (χ3v) is 4.81. The number of carbonyl (C=O) groups is 1. The van der Waals surface area contributed by atoms with Gasteiger partial charge in [-0.15, -0.1) is 0 Å². The van der Waals surface area contributed by atoms with Gasteiger partial charge in [0, 0.05) is 24.0 Å². The van der Waals surface area contributed by atoms with Crippen LogP contribution in [0.2, 0.25) is 0 Å². The zero-order chi connectivity index (χ0) is 19.2. The maximum absolute atomic E-state index is 12.5. The van der Waals surface area contributed by atoms with E-state index < -0.39 is 0 Å². The number of hydrogen-bond donors (Lipinski definition) is 0. The summed E-state index contributed by atoms with van der Waals surface area (Å²) in [5.41, 5.74) is 5.25. The van der Waals surface area contributed by atoms with Crippen LogP contribution >= 0.6 is 0 Å². The van der Waals surface area contributed by atoms with Crippen molar-refractivity contribution >= 4 is 23.5 Å². The molecule has 0 bridgehead atoms. The number of aliphatic imine (C=N–C) groups is 1. The van der Waals surface area contributed by atoms with E-state index in [0.29, 0.717) is 19.4 Å². The summed E-state index contributed by atoms with van der Waals surface area (Å²) in [6, 6.07) is 30.3. The van der Waals surface area contributed by atoms with Crippen LogP contribution in [0.25, 0.3) is 11.4 Å². The monoisotopic (exact) mass is 366 g/mol. The van der Waals surface area contributed by atoms with Gasteiger partial charge < -0.3 is 0 Å². The van der Waals surface area contributed by atoms with Gasteiger partial charge in [0.25, 0.3) is 6.34 Å². The van der Waals surface area contributed by atoms with Gasteiger partial charge in [-0.25, -0.2) is 4.90 Å². The van der Waals surface area contributed by atoms with E-state index in [2.05, 4.69) is 34.2 Å². The largest absolute Gasteiger partial charge is 0.299 e. The number of carbonyl (C=O) groups excluding carboxylic acids is 1. The standard InChI is InChI=1S/C25H22N2O/c28-23(18-20-10-4-1-5-11-20)16-17-27-19-26-24(21-12-6-2-7-13-21)25(27)22-14-8-3-9-15-22/h1-15,19H,16-18H2/q+1. The summed E-state index contributed by atoms with van der Waals surface area (Å²) >= 11 is 0. The molecule has 0 atom stereocenters. The molecule has 0 fully saturated rings. The SMILES string of the molecule is O=C(CCN1C=[N+]C(c2ccccc2)=C1c1ccccc1)Cc1ccccc1. The van der Waals surface area contributed by atoms with E-state index in [1.165, 1.54) is 0 Å². The molecule has 0 saturated carbocycles. The highest BCUT2D eigenvalue weighted by molar-refractivity contribution is 5.99. The van der Waals surface area contributed by atoms with Gasteiger partial charge in [-0.05, 0) is 10.6 Å². The molecule has 3 aromatic carbocycles. The molecule has 0 aromatic heterocycles. The summed E-state index contributed by atoms with van der Waals surface area (Å²) in [5, 5.41) is 0. The summed E-state index contributed by atoms with van der Waals surface area (Å²) in [7, 11) is 0. The van der Waals surface area contributed by atoms with Gasteiger partial charge in [0.1, 0.15) is 5.78 Å². The lowest BCUT2D eigenvalue weighted by Crippen LogP contribution is -2.22. The van der Waals surface area contributed by atoms with Crippen molar-refractivity contribution < 1.29 is 4.79 Å². The molecule has 0 saturated heterocycles. The van der Waals surface area contributed by atoms with Crippen molar-refractivity contribution in [3.05, 3.63) is 108 Å². The second-order valence-electron chi connectivity index (χ2n) is 6.82. The Morgan fingerprint density at radius 1 is 0.750 bits per heavy atom. The van der Waals surface area contributed by atoms with Crippen LogP contribution in [0, 0.1) is 0 Å². The summed E-state index contributed by atoms with van der Waals surface area (Å²) in [4.78, 5) is 19.3. The molecule has 0 aliphatic carbocycles. The van der Waals surface area contributed by atoms with Crippen LogP contribution in [-0.4, -0.2) is 23.6 Å². The van der Waals surface area contributed by atoms with Gasteiger partial charge in [-0.3, -0.25) is 4.79 Å². The van der Waals surface area contributed by atoms with Crippen molar-refractivity contribution in [1.29, 1.82) is 0 Å². The van der Waals surface area contributed by atoms with E-state index in [4.69, 9.17) is 0 Å². The highest BCUT2D eigenvalue weighted by atomic mass is 16.1. The number of nitrogens with zero attached hydrogens (tertiary/aromatic N) is 2. The van der Waals surface area contributed by atoms with Crippen molar-refractivity contribution in [1.82, 2.24) is 9.89 Å². The molecule has 3 nitrogen and oxygen atoms in total. The minimum Gasteiger partial charge on any atom is -0.299 e. The Hall–Kier alpha value is -3.46. The Balaban J connectivity index is 1.54. The molecule has 1 aliphatic rings. The molecule has 28 heavy (non-hydrogen) atoms. The lowest BCUT2D eigenvalue weighted by atomic mass is 10.0. The van der Waals surface area contributed by atoms with E-state index >= 15 is 0 Å². The van der Waals surface area contributed by atoms with Crippen LogP contribution in [0.4, 0.5) is 0 Å². The first-order valence-corrected chi connectivity index (χ1v) is 9.53. The first-order valence-electron chi connectivity index (χ1n) is 9.53. The molecule has 1 heterocycles. The minimum absolute atomic E-state index is 0.236. The van der Waals surface area contributed by atoms with Gasteiger partial charge >= 0.3 is 0 Å². The summed E-state index contributed by atoms with van der Waals surface area (Å²) in [5.74, 6) is 0.236. The maximum Gasteiger partial charge on any atom is 0.287 e. The molecule has 0 N–H and O–H groups in total. The van der Waals surface area contributed by atoms with E-state index in [0.717, 1.165) is 28.1 Å². The molecule has 137 valence electrons. The van der Waals surface area contributed by atoms with Crippen LogP contribution in [0.5, 0.6) is 0 Å². The zero-order valence-corrected chi connectivity index (χ0v) is 15.7. The first kappa shape index (κ1) is 17.9. The number of hydrogen-bond acceptors (Lipinski definition) is 3. The Morgan fingerprint density at radius 3 is 1.96 bits per heavy atom. The van der Waals surface area contributed by atoms with E-state index in [9.17, 15) is 4.79 Å². The fourth-order valence-corrected chi connectivity index (χ4v) is 3.41. The van der Waals surface area contributed by atoms with Crippen LogP contribution in [-0.2, 0) is 11.2 Å². The summed E-state index contributed by atoms with van der Waals surface area (Å²) < 4.78 is 0. The molecule has 1 aliphatic heterocycles.